The molecule has 0 radical (unpaired) electrons. The molecule has 362 valence electrons. The first kappa shape index (κ1) is 37.3. The molecule has 10 nitrogen and oxygen atoms in total. The van der Waals surface area contributed by atoms with Crippen molar-refractivity contribution in [3.05, 3.63) is 211 Å². The highest BCUT2D eigenvalue weighted by Crippen LogP contribution is 2.38. The quantitative estimate of drug-likeness (QED) is 0.149. The van der Waals surface area contributed by atoms with E-state index in [0.29, 0.717) is 33.2 Å². The van der Waals surface area contributed by atoms with E-state index in [0.717, 1.165) is 21.6 Å². The third-order valence-electron chi connectivity index (χ3n) is 12.5. The Morgan fingerprint density at radius 2 is 0.851 bits per heavy atom. The average Bonchev–Trinajstić information content (AvgIpc) is 2.86. The maximum atomic E-state index is 14.3. The number of hydrogen-bond donors (Lipinski definition) is 0. The van der Waals surface area contributed by atoms with Gasteiger partial charge in [-0.3, -0.25) is 0 Å². The minimum Gasteiger partial charge on any atom is -0.453 e. The normalized spacial score (nSPS) is 15.6. The van der Waals surface area contributed by atoms with E-state index in [1.54, 1.807) is 72.8 Å². The predicted molar refractivity (Wildman–Crippen MR) is 288 cm³/mol. The van der Waals surface area contributed by atoms with Crippen LogP contribution in [-0.2, 0) is 9.31 Å². The second-order valence-electron chi connectivity index (χ2n) is 17.8. The van der Waals surface area contributed by atoms with Crippen molar-refractivity contribution in [1.82, 2.24) is 29.9 Å². The molecule has 0 spiro atoms. The number of rotatable bonds is 6. The predicted octanol–water partition coefficient (Wildman–Crippen LogP) is 14.8. The smallest absolute Gasteiger partial charge is 0.453 e. The summed E-state index contributed by atoms with van der Waals surface area (Å²) in [6, 6.07) is 34.3. The van der Waals surface area contributed by atoms with Crippen molar-refractivity contribution in [2.24, 2.45) is 0 Å². The Morgan fingerprint density at radius 3 is 1.35 bits per heavy atom. The van der Waals surface area contributed by atoms with E-state index in [-0.39, 0.29) is 74.6 Å². The van der Waals surface area contributed by atoms with Gasteiger partial charge in [0.15, 0.2) is 51.9 Å². The van der Waals surface area contributed by atoms with Gasteiger partial charge in [0.05, 0.1) is 24.9 Å². The first-order chi connectivity index (χ1) is 40.0. The second-order valence-corrected chi connectivity index (χ2v) is 18.1. The number of nitrogens with zero attached hydrogens (tertiary/aromatic N) is 6. The van der Waals surface area contributed by atoms with Crippen molar-refractivity contribution in [3.63, 3.8) is 0 Å². The Kier molecular flexibility index (Phi) is 10.0. The molecular formula is C60H44BClF2N6O4. The summed E-state index contributed by atoms with van der Waals surface area (Å²) in [5, 5.41) is 2.91. The van der Waals surface area contributed by atoms with Crippen molar-refractivity contribution in [2.75, 3.05) is 0 Å². The maximum absolute atomic E-state index is 14.3. The minimum atomic E-state index is -0.501. The highest BCUT2D eigenvalue weighted by atomic mass is 35.5. The Labute approximate surface area is 443 Å². The second kappa shape index (κ2) is 19.8. The van der Waals surface area contributed by atoms with Gasteiger partial charge in [-0.05, 0) is 75.1 Å². The first-order valence-electron chi connectivity index (χ1n) is 28.0. The lowest BCUT2D eigenvalue weighted by Crippen LogP contribution is -2.41. The van der Waals surface area contributed by atoms with Crippen LogP contribution < -0.4 is 5.46 Å². The molecule has 0 bridgehead atoms. The van der Waals surface area contributed by atoms with Gasteiger partial charge in [0, 0.05) is 49.4 Å². The van der Waals surface area contributed by atoms with Gasteiger partial charge in [-0.2, -0.15) is 9.97 Å². The lowest BCUT2D eigenvalue weighted by molar-refractivity contribution is 0.00578. The van der Waals surface area contributed by atoms with Gasteiger partial charge >= 0.3 is 7.12 Å². The molecule has 0 saturated carbocycles. The highest BCUT2D eigenvalue weighted by Gasteiger charge is 2.51. The fourth-order valence-corrected chi connectivity index (χ4v) is 8.20. The molecule has 0 unspecified atom stereocenters. The first-order valence-corrected chi connectivity index (χ1v) is 23.4. The molecule has 1 fully saturated rings. The zero-order valence-electron chi connectivity index (χ0n) is 49.7. The van der Waals surface area contributed by atoms with Crippen molar-refractivity contribution in [2.45, 2.75) is 38.9 Å². The summed E-state index contributed by atoms with van der Waals surface area (Å²) < 4.78 is 132. The number of para-hydroxylation sites is 2. The summed E-state index contributed by atoms with van der Waals surface area (Å²) in [6.45, 7) is 8.06. The Morgan fingerprint density at radius 1 is 0.432 bits per heavy atom. The minimum absolute atomic E-state index is 0.0587. The molecule has 13 rings (SSSR count). The standard InChI is InChI=1S/C27H16FN3O.C18H18BFO3.C15H10ClN3/c28-22-13-7-12-21-20-15-14-19(16-23(20)32-24(21)22)27-30-25(17-8-3-1-4-9-17)29-26(31-27)18-10-5-2-6-11-18;1-17(2)18(3,4)23-19(22-17)11-8-9-12-13-6-5-7-14(20)16(13)21-15(12)10-11;16-15-18-13(11-7-3-1-4-8-11)17-14(19-15)12-9-5-2-6-10-12/h1-16H;5-10H,1-4H3;1-10H/i1D,3D,4D,8D,9D;;1D,3D,4D,7D,8D. The molecule has 5 heterocycles. The van der Waals surface area contributed by atoms with Gasteiger partial charge in [0.25, 0.3) is 0 Å². The monoisotopic (exact) mass is 1010 g/mol. The molecule has 14 heteroatoms. The van der Waals surface area contributed by atoms with Gasteiger partial charge in [0.1, 0.15) is 11.2 Å². The molecule has 0 N–H and O–H groups in total. The number of benzene rings is 8. The SMILES string of the molecule is CC1(C)OB(c2ccc3c(c2)oc2c(F)cccc23)OC1(C)C.[2H]c1c([2H])c([2H])c(-c2nc(-c3ccccc3)nc(-c3ccc4c(c3)oc3c(F)cccc34)n2)c([2H])c1[2H].[2H]c1c([2H])c([2H])c(-c2nc(Cl)nc(-c3ccccc3)n2)c([2H])c1[2H]. The van der Waals surface area contributed by atoms with Gasteiger partial charge in [-0.15, -0.1) is 0 Å². The van der Waals surface area contributed by atoms with Crippen molar-refractivity contribution >= 4 is 68.1 Å². The highest BCUT2D eigenvalue weighted by molar-refractivity contribution is 6.62. The lowest BCUT2D eigenvalue weighted by atomic mass is 9.79. The molecule has 0 amide bonds. The summed E-state index contributed by atoms with van der Waals surface area (Å²) in [4.78, 5) is 25.8. The number of halogens is 3. The van der Waals surface area contributed by atoms with Gasteiger partial charge in [-0.25, -0.2) is 28.7 Å². The molecule has 74 heavy (non-hydrogen) atoms. The van der Waals surface area contributed by atoms with Crippen LogP contribution in [-0.4, -0.2) is 48.2 Å². The third kappa shape index (κ3) is 9.63. The number of hydrogen-bond acceptors (Lipinski definition) is 10. The molecule has 8 aromatic carbocycles. The van der Waals surface area contributed by atoms with E-state index in [4.69, 9.17) is 43.5 Å². The van der Waals surface area contributed by atoms with Crippen molar-refractivity contribution < 1.29 is 40.6 Å². The van der Waals surface area contributed by atoms with Crippen LogP contribution in [0.4, 0.5) is 8.78 Å². The van der Waals surface area contributed by atoms with Gasteiger partial charge in [0.2, 0.25) is 5.28 Å². The fourth-order valence-electron chi connectivity index (χ4n) is 8.04. The van der Waals surface area contributed by atoms with Gasteiger partial charge in [-0.1, -0.05) is 164 Å². The molecule has 1 aliphatic heterocycles. The van der Waals surface area contributed by atoms with Crippen LogP contribution >= 0.6 is 11.6 Å². The molecule has 1 aliphatic rings. The summed E-state index contributed by atoms with van der Waals surface area (Å²) >= 11 is 5.95. The Hall–Kier alpha value is -8.49. The largest absolute Gasteiger partial charge is 0.494 e. The summed E-state index contributed by atoms with van der Waals surface area (Å²) in [5.74, 6) is -0.206. The molecule has 0 aliphatic carbocycles. The van der Waals surface area contributed by atoms with Crippen molar-refractivity contribution in [1.29, 1.82) is 0 Å². The molecule has 4 aromatic heterocycles. The summed E-state index contributed by atoms with van der Waals surface area (Å²) in [6.07, 6.45) is 0. The molecule has 1 saturated heterocycles. The average molecular weight is 1010 g/mol. The van der Waals surface area contributed by atoms with Crippen LogP contribution in [0, 0.1) is 11.6 Å². The molecule has 0 atom stereocenters. The molecule has 12 aromatic rings. The van der Waals surface area contributed by atoms with E-state index >= 15 is 0 Å². The van der Waals surface area contributed by atoms with Crippen molar-refractivity contribution in [3.8, 4) is 56.9 Å². The lowest BCUT2D eigenvalue weighted by Gasteiger charge is -2.32. The van der Waals surface area contributed by atoms with E-state index < -0.39 is 72.5 Å². The number of furan rings is 2. The van der Waals surface area contributed by atoms with Crippen LogP contribution in [0.5, 0.6) is 0 Å². The van der Waals surface area contributed by atoms with E-state index in [2.05, 4.69) is 29.9 Å². The van der Waals surface area contributed by atoms with E-state index in [9.17, 15) is 8.78 Å². The Balaban J connectivity index is 0.000000137. The van der Waals surface area contributed by atoms with Gasteiger partial charge < -0.3 is 18.1 Å². The summed E-state index contributed by atoms with van der Waals surface area (Å²) in [5.41, 5.74) is 3.21. The molecular weight excluding hydrogens is 953 g/mol. The summed E-state index contributed by atoms with van der Waals surface area (Å²) in [7, 11) is -0.456. The number of aromatic nitrogens is 6. The van der Waals surface area contributed by atoms with Crippen LogP contribution in [0.3, 0.4) is 0 Å². The van der Waals surface area contributed by atoms with E-state index in [1.165, 1.54) is 12.1 Å². The van der Waals surface area contributed by atoms with E-state index in [1.807, 2.05) is 76.2 Å². The van der Waals surface area contributed by atoms with Crippen LogP contribution in [0.1, 0.15) is 41.4 Å². The third-order valence-corrected chi connectivity index (χ3v) is 12.6. The Bertz CT molecular complexity index is 4530. The zero-order valence-corrected chi connectivity index (χ0v) is 40.5. The topological polar surface area (TPSA) is 122 Å². The maximum Gasteiger partial charge on any atom is 0.494 e. The zero-order chi connectivity index (χ0) is 59.7. The number of fused-ring (bicyclic) bond motifs is 6. The van der Waals surface area contributed by atoms with Crippen LogP contribution in [0.2, 0.25) is 5.28 Å². The van der Waals surface area contributed by atoms with Crippen LogP contribution in [0.15, 0.2) is 203 Å². The fraction of sp³-hybridized carbons (Fsp3) is 0.100. The van der Waals surface area contributed by atoms with Crippen LogP contribution in [0.25, 0.3) is 101 Å².